The topological polar surface area (TPSA) is 35.8 Å². The molecule has 1 aromatic carbocycles. The molecule has 1 N–H and O–H groups in total. The van der Waals surface area contributed by atoms with Gasteiger partial charge in [-0.15, -0.1) is 0 Å². The van der Waals surface area contributed by atoms with Gasteiger partial charge in [0.2, 0.25) is 0 Å². The maximum Gasteiger partial charge on any atom is 0.125 e. The molecule has 1 unspecified atom stereocenters. The lowest BCUT2D eigenvalue weighted by atomic mass is 10.2. The van der Waals surface area contributed by atoms with Crippen molar-refractivity contribution in [2.75, 3.05) is 5.32 Å². The van der Waals surface area contributed by atoms with Crippen LogP contribution in [0.4, 0.5) is 10.1 Å². The van der Waals surface area contributed by atoms with Gasteiger partial charge in [-0.05, 0) is 41.1 Å². The molecule has 0 heterocycles. The number of hydrogen-bond acceptors (Lipinski definition) is 2. The Balaban J connectivity index is 2.76. The number of rotatable bonds is 3. The molecule has 0 fully saturated rings. The Morgan fingerprint density at radius 1 is 1.64 bits per heavy atom. The lowest BCUT2D eigenvalue weighted by Crippen LogP contribution is -2.14. The van der Waals surface area contributed by atoms with Gasteiger partial charge in [0.15, 0.2) is 0 Å². The second-order valence-corrected chi connectivity index (χ2v) is 3.89. The van der Waals surface area contributed by atoms with Crippen molar-refractivity contribution in [3.63, 3.8) is 0 Å². The van der Waals surface area contributed by atoms with Crippen LogP contribution in [-0.4, -0.2) is 6.04 Å². The van der Waals surface area contributed by atoms with Crippen LogP contribution in [0, 0.1) is 17.1 Å². The van der Waals surface area contributed by atoms with Crippen molar-refractivity contribution in [2.24, 2.45) is 0 Å². The molecule has 1 atom stereocenters. The number of benzene rings is 1. The minimum atomic E-state index is -0.292. The first-order chi connectivity index (χ1) is 6.63. The van der Waals surface area contributed by atoms with Crippen LogP contribution in [0.15, 0.2) is 22.7 Å². The van der Waals surface area contributed by atoms with Crippen LogP contribution in [0.25, 0.3) is 0 Å². The number of hydrogen-bond donors (Lipinski definition) is 1. The van der Waals surface area contributed by atoms with Crippen molar-refractivity contribution in [3.05, 3.63) is 28.5 Å². The van der Waals surface area contributed by atoms with Gasteiger partial charge in [0.05, 0.1) is 18.2 Å². The second kappa shape index (κ2) is 4.97. The summed E-state index contributed by atoms with van der Waals surface area (Å²) in [6, 6.07) is 6.48. The average molecular weight is 257 g/mol. The Morgan fingerprint density at radius 3 is 3.00 bits per heavy atom. The highest BCUT2D eigenvalue weighted by Crippen LogP contribution is 2.23. The summed E-state index contributed by atoms with van der Waals surface area (Å²) in [6.07, 6.45) is 0.392. The molecule has 1 aromatic rings. The zero-order chi connectivity index (χ0) is 10.6. The first-order valence-corrected chi connectivity index (χ1v) is 5.01. The number of anilines is 1. The van der Waals surface area contributed by atoms with Crippen LogP contribution in [0.5, 0.6) is 0 Å². The van der Waals surface area contributed by atoms with E-state index in [9.17, 15) is 4.39 Å². The molecule has 0 bridgehead atoms. The molecule has 0 amide bonds. The quantitative estimate of drug-likeness (QED) is 0.901. The second-order valence-electron chi connectivity index (χ2n) is 3.03. The molecule has 0 aromatic heterocycles. The van der Waals surface area contributed by atoms with Gasteiger partial charge in [0.1, 0.15) is 5.82 Å². The Labute approximate surface area is 90.9 Å². The van der Waals surface area contributed by atoms with E-state index in [1.165, 1.54) is 12.1 Å². The van der Waals surface area contributed by atoms with Gasteiger partial charge in [0, 0.05) is 10.5 Å². The lowest BCUT2D eigenvalue weighted by molar-refractivity contribution is 0.627. The summed E-state index contributed by atoms with van der Waals surface area (Å²) in [5.41, 5.74) is 0.674. The molecule has 14 heavy (non-hydrogen) atoms. The maximum atomic E-state index is 12.9. The maximum absolute atomic E-state index is 12.9. The van der Waals surface area contributed by atoms with E-state index in [1.54, 1.807) is 6.07 Å². The van der Waals surface area contributed by atoms with Crippen molar-refractivity contribution < 1.29 is 4.39 Å². The minimum Gasteiger partial charge on any atom is -0.381 e. The predicted octanol–water partition coefficient (Wildman–Crippen LogP) is 3.30. The Hall–Kier alpha value is -1.08. The highest BCUT2D eigenvalue weighted by molar-refractivity contribution is 9.10. The summed E-state index contributed by atoms with van der Waals surface area (Å²) in [5.74, 6) is -0.292. The van der Waals surface area contributed by atoms with E-state index in [4.69, 9.17) is 5.26 Å². The van der Waals surface area contributed by atoms with E-state index in [1.807, 2.05) is 6.92 Å². The normalized spacial score (nSPS) is 11.9. The molecule has 2 nitrogen and oxygen atoms in total. The summed E-state index contributed by atoms with van der Waals surface area (Å²) < 4.78 is 13.7. The van der Waals surface area contributed by atoms with Crippen molar-refractivity contribution in [3.8, 4) is 6.07 Å². The van der Waals surface area contributed by atoms with Gasteiger partial charge < -0.3 is 5.32 Å². The largest absolute Gasteiger partial charge is 0.381 e. The van der Waals surface area contributed by atoms with E-state index >= 15 is 0 Å². The van der Waals surface area contributed by atoms with Gasteiger partial charge in [-0.3, -0.25) is 0 Å². The van der Waals surface area contributed by atoms with Gasteiger partial charge in [-0.2, -0.15) is 5.26 Å². The fourth-order valence-corrected chi connectivity index (χ4v) is 1.42. The number of nitrogens with zero attached hydrogens (tertiary/aromatic N) is 1. The average Bonchev–Trinajstić information content (AvgIpc) is 2.12. The standard InChI is InChI=1S/C10H10BrFN2/c1-7(4-5-13)14-10-6-8(12)2-3-9(10)11/h2-3,6-7,14H,4H2,1H3. The fourth-order valence-electron chi connectivity index (χ4n) is 1.06. The third kappa shape index (κ3) is 3.00. The van der Waals surface area contributed by atoms with Gasteiger partial charge in [-0.1, -0.05) is 0 Å². The monoisotopic (exact) mass is 256 g/mol. The highest BCUT2D eigenvalue weighted by atomic mass is 79.9. The lowest BCUT2D eigenvalue weighted by Gasteiger charge is -2.13. The molecule has 0 saturated heterocycles. The molecule has 0 spiro atoms. The van der Waals surface area contributed by atoms with Crippen LogP contribution >= 0.6 is 15.9 Å². The van der Waals surface area contributed by atoms with E-state index in [2.05, 4.69) is 27.3 Å². The molecule has 1 rings (SSSR count). The van der Waals surface area contributed by atoms with Crippen LogP contribution in [-0.2, 0) is 0 Å². The summed E-state index contributed by atoms with van der Waals surface area (Å²) in [7, 11) is 0. The molecule has 0 aliphatic rings. The molecule has 0 aliphatic carbocycles. The summed E-state index contributed by atoms with van der Waals surface area (Å²) in [6.45, 7) is 1.88. The van der Waals surface area contributed by atoms with E-state index in [0.29, 0.717) is 12.1 Å². The number of nitrogens with one attached hydrogen (secondary N) is 1. The molecule has 0 saturated carbocycles. The Kier molecular flexibility index (Phi) is 3.90. The SMILES string of the molecule is CC(CC#N)Nc1cc(F)ccc1Br. The third-order valence-corrected chi connectivity index (χ3v) is 2.42. The summed E-state index contributed by atoms with van der Waals surface area (Å²) >= 11 is 3.30. The van der Waals surface area contributed by atoms with Crippen molar-refractivity contribution in [1.29, 1.82) is 5.26 Å². The smallest absolute Gasteiger partial charge is 0.125 e. The van der Waals surface area contributed by atoms with E-state index in [-0.39, 0.29) is 11.9 Å². The first kappa shape index (κ1) is 11.0. The number of nitriles is 1. The zero-order valence-corrected chi connectivity index (χ0v) is 9.31. The Morgan fingerprint density at radius 2 is 2.36 bits per heavy atom. The van der Waals surface area contributed by atoms with Crippen LogP contribution in [0.1, 0.15) is 13.3 Å². The summed E-state index contributed by atoms with van der Waals surface area (Å²) in [5, 5.41) is 11.5. The number of halogens is 2. The molecule has 0 aliphatic heterocycles. The zero-order valence-electron chi connectivity index (χ0n) is 7.72. The minimum absolute atomic E-state index is 0.0121. The predicted molar refractivity (Wildman–Crippen MR) is 57.4 cm³/mol. The van der Waals surface area contributed by atoms with Gasteiger partial charge in [0.25, 0.3) is 0 Å². The van der Waals surface area contributed by atoms with Gasteiger partial charge >= 0.3 is 0 Å². The van der Waals surface area contributed by atoms with Gasteiger partial charge in [-0.25, -0.2) is 4.39 Å². The van der Waals surface area contributed by atoms with Crippen LogP contribution in [0.3, 0.4) is 0 Å². The van der Waals surface area contributed by atoms with E-state index < -0.39 is 0 Å². The molecule has 74 valence electrons. The van der Waals surface area contributed by atoms with Crippen molar-refractivity contribution in [2.45, 2.75) is 19.4 Å². The van der Waals surface area contributed by atoms with Crippen LogP contribution < -0.4 is 5.32 Å². The molecule has 4 heteroatoms. The van der Waals surface area contributed by atoms with Crippen molar-refractivity contribution in [1.82, 2.24) is 0 Å². The molecular formula is C10H10BrFN2. The summed E-state index contributed by atoms with van der Waals surface area (Å²) in [4.78, 5) is 0. The first-order valence-electron chi connectivity index (χ1n) is 4.22. The van der Waals surface area contributed by atoms with E-state index in [0.717, 1.165) is 4.47 Å². The highest BCUT2D eigenvalue weighted by Gasteiger charge is 2.05. The van der Waals surface area contributed by atoms with Crippen molar-refractivity contribution >= 4 is 21.6 Å². The third-order valence-electron chi connectivity index (χ3n) is 1.73. The Bertz CT molecular complexity index is 360. The fraction of sp³-hybridized carbons (Fsp3) is 0.300. The molecular weight excluding hydrogens is 247 g/mol. The van der Waals surface area contributed by atoms with Crippen LogP contribution in [0.2, 0.25) is 0 Å². The molecule has 0 radical (unpaired) electrons.